The Balaban J connectivity index is 0. The van der Waals surface area contributed by atoms with Gasteiger partial charge in [0.05, 0.1) is 0 Å². The Labute approximate surface area is 44.7 Å². The van der Waals surface area contributed by atoms with Gasteiger partial charge in [-0.05, 0) is 5.83 Å². The summed E-state index contributed by atoms with van der Waals surface area (Å²) in [5.74, 6) is -0.583. The van der Waals surface area contributed by atoms with Gasteiger partial charge in [0.1, 0.15) is 0 Å². The summed E-state index contributed by atoms with van der Waals surface area (Å²) in [4.78, 5) is 0. The molecule has 0 N–H and O–H groups in total. The van der Waals surface area contributed by atoms with Gasteiger partial charge in [0.25, 0.3) is 0 Å². The Morgan fingerprint density at radius 3 is 1.80 bits per heavy atom. The largest absolute Gasteiger partial charge is 0.250 e. The van der Waals surface area contributed by atoms with Gasteiger partial charge in [0.15, 0.2) is 0 Å². The average Bonchev–Trinajstić information content (AvgIpc) is 0.811. The van der Waals surface area contributed by atoms with Crippen molar-refractivity contribution in [3.05, 3.63) is 19.3 Å². The van der Waals surface area contributed by atoms with Gasteiger partial charge in [-0.25, -0.2) is 17.9 Å². The minimum Gasteiger partial charge on any atom is -0.250 e. The molecule has 5 heavy (non-hydrogen) atoms. The van der Waals surface area contributed by atoms with E-state index in [1.807, 2.05) is 0 Å². The molecule has 0 saturated carbocycles. The molecule has 0 amide bonds. The third-order valence-electron chi connectivity index (χ3n) is 0. The van der Waals surface area contributed by atoms with E-state index in [1.54, 1.807) is 0 Å². The first-order chi connectivity index (χ1) is 1.73. The summed E-state index contributed by atoms with van der Waals surface area (Å²) in [6.07, 6.45) is 0. The van der Waals surface area contributed by atoms with E-state index >= 15 is 0 Å². The molecule has 0 spiro atoms. The molecule has 0 fully saturated rings. The summed E-state index contributed by atoms with van der Waals surface area (Å²) in [7, 11) is 0. The van der Waals surface area contributed by atoms with Crippen LogP contribution in [-0.4, -0.2) is 0 Å². The number of rotatable bonds is 0. The summed E-state index contributed by atoms with van der Waals surface area (Å²) in [5, 5.41) is 0. The maximum Gasteiger partial charge on any atom is 0 e. The second-order valence-corrected chi connectivity index (χ2v) is 0.517. The molecule has 0 aromatic rings. The molecule has 0 aliphatic carbocycles. The molecule has 0 aromatic heterocycles. The monoisotopic (exact) mass is 165 g/mol. The van der Waals surface area contributed by atoms with Crippen LogP contribution in [0.1, 0.15) is 0 Å². The first kappa shape index (κ1) is 8.96. The minimum absolute atomic E-state index is 0. The summed E-state index contributed by atoms with van der Waals surface area (Å²) >= 11 is 0. The second kappa shape index (κ2) is 4.20. The van der Waals surface area contributed by atoms with Crippen molar-refractivity contribution in [1.29, 1.82) is 0 Å². The number of hydrogen-bond acceptors (Lipinski definition) is 0. The molecular formula is C3H4FPd-. The quantitative estimate of drug-likeness (QED) is 0.375. The normalized spacial score (nSPS) is 5.00. The van der Waals surface area contributed by atoms with Crippen molar-refractivity contribution >= 4 is 0 Å². The smallest absolute Gasteiger partial charge is 0 e. The van der Waals surface area contributed by atoms with Crippen LogP contribution in [0, 0.1) is 6.92 Å². The van der Waals surface area contributed by atoms with E-state index < -0.39 is 5.83 Å². The molecule has 0 aliphatic heterocycles. The molecule has 0 aromatic carbocycles. The first-order valence-electron chi connectivity index (χ1n) is 0.896. The van der Waals surface area contributed by atoms with E-state index in [2.05, 4.69) is 13.5 Å². The molecule has 0 saturated heterocycles. The molecule has 0 bridgehead atoms. The van der Waals surface area contributed by atoms with Crippen LogP contribution in [0.2, 0.25) is 0 Å². The molecule has 0 heterocycles. The summed E-state index contributed by atoms with van der Waals surface area (Å²) < 4.78 is 10.7. The Bertz CT molecular complexity index is 29.9. The standard InChI is InChI=1S/C3H4F.Pd/c1-3(2)4;/h1-2H2;/q-1;. The fourth-order valence-electron chi connectivity index (χ4n) is 0. The molecule has 0 rings (SSSR count). The SMILES string of the molecule is C=C([CH2-])F.[Pd]. The van der Waals surface area contributed by atoms with Gasteiger partial charge < -0.3 is 0 Å². The van der Waals surface area contributed by atoms with Crippen LogP contribution in [0.4, 0.5) is 4.39 Å². The van der Waals surface area contributed by atoms with Crippen LogP contribution in [0.15, 0.2) is 12.4 Å². The van der Waals surface area contributed by atoms with Crippen LogP contribution in [0.25, 0.3) is 0 Å². The van der Waals surface area contributed by atoms with Crippen LogP contribution in [0.5, 0.6) is 0 Å². The Morgan fingerprint density at radius 2 is 1.80 bits per heavy atom. The third kappa shape index (κ3) is 498. The summed E-state index contributed by atoms with van der Waals surface area (Å²) in [6, 6.07) is 0. The van der Waals surface area contributed by atoms with Gasteiger partial charge in [0.2, 0.25) is 0 Å². The molecule has 0 radical (unpaired) electrons. The number of halogens is 1. The van der Waals surface area contributed by atoms with E-state index in [-0.39, 0.29) is 20.4 Å². The van der Waals surface area contributed by atoms with Crippen molar-refractivity contribution in [2.45, 2.75) is 0 Å². The summed E-state index contributed by atoms with van der Waals surface area (Å²) in [6.45, 7) is 5.56. The summed E-state index contributed by atoms with van der Waals surface area (Å²) in [5.41, 5.74) is 0. The van der Waals surface area contributed by atoms with Crippen LogP contribution in [0.3, 0.4) is 0 Å². The molecule has 0 unspecified atom stereocenters. The molecular weight excluding hydrogens is 161 g/mol. The van der Waals surface area contributed by atoms with Gasteiger partial charge in [-0.2, -0.15) is 0 Å². The molecule has 0 nitrogen and oxygen atoms in total. The van der Waals surface area contributed by atoms with Crippen molar-refractivity contribution < 1.29 is 24.8 Å². The van der Waals surface area contributed by atoms with Gasteiger partial charge >= 0.3 is 0 Å². The number of allylic oxidation sites excluding steroid dienone is 1. The van der Waals surface area contributed by atoms with E-state index in [1.165, 1.54) is 0 Å². The molecule has 34 valence electrons. The van der Waals surface area contributed by atoms with Crippen LogP contribution in [-0.2, 0) is 20.4 Å². The van der Waals surface area contributed by atoms with Crippen LogP contribution >= 0.6 is 0 Å². The Morgan fingerprint density at radius 1 is 1.80 bits per heavy atom. The Kier molecular flexibility index (Phi) is 7.53. The first-order valence-corrected chi connectivity index (χ1v) is 0.896. The van der Waals surface area contributed by atoms with Gasteiger partial charge in [0, 0.05) is 20.4 Å². The second-order valence-electron chi connectivity index (χ2n) is 0.517. The van der Waals surface area contributed by atoms with E-state index in [9.17, 15) is 4.39 Å². The number of hydrogen-bond donors (Lipinski definition) is 0. The zero-order valence-electron chi connectivity index (χ0n) is 2.61. The Hall–Kier alpha value is 0.202. The van der Waals surface area contributed by atoms with Gasteiger partial charge in [-0.15, -0.1) is 0 Å². The minimum atomic E-state index is -0.583. The topological polar surface area (TPSA) is 0 Å². The van der Waals surface area contributed by atoms with Gasteiger partial charge in [-0.3, -0.25) is 0 Å². The van der Waals surface area contributed by atoms with Crippen LogP contribution < -0.4 is 0 Å². The predicted molar refractivity (Wildman–Crippen MR) is 15.6 cm³/mol. The van der Waals surface area contributed by atoms with Crippen molar-refractivity contribution in [1.82, 2.24) is 0 Å². The fraction of sp³-hybridized carbons (Fsp3) is 0. The van der Waals surface area contributed by atoms with E-state index in [0.29, 0.717) is 0 Å². The van der Waals surface area contributed by atoms with Gasteiger partial charge in [-0.1, -0.05) is 0 Å². The molecule has 0 aliphatic rings. The van der Waals surface area contributed by atoms with E-state index in [4.69, 9.17) is 0 Å². The van der Waals surface area contributed by atoms with Crippen molar-refractivity contribution in [2.75, 3.05) is 0 Å². The fourth-order valence-corrected chi connectivity index (χ4v) is 0. The van der Waals surface area contributed by atoms with Crippen molar-refractivity contribution in [3.8, 4) is 0 Å². The molecule has 2 heteroatoms. The van der Waals surface area contributed by atoms with Crippen molar-refractivity contribution in [2.24, 2.45) is 0 Å². The zero-order chi connectivity index (χ0) is 3.58. The van der Waals surface area contributed by atoms with E-state index in [0.717, 1.165) is 0 Å². The zero-order valence-corrected chi connectivity index (χ0v) is 4.16. The van der Waals surface area contributed by atoms with Crippen molar-refractivity contribution in [3.63, 3.8) is 0 Å². The maximum atomic E-state index is 10.7. The average molecular weight is 165 g/mol. The predicted octanol–water partition coefficient (Wildman–Crippen LogP) is 1.30. The molecule has 0 atom stereocenters. The maximum absolute atomic E-state index is 10.7. The third-order valence-corrected chi connectivity index (χ3v) is 0.